The van der Waals surface area contributed by atoms with Gasteiger partial charge in [-0.2, -0.15) is 0 Å². The van der Waals surface area contributed by atoms with E-state index in [1.807, 2.05) is 54.0 Å². The molecule has 0 aliphatic carbocycles. The maximum Gasteiger partial charge on any atom is 0.316 e. The number of aromatic nitrogens is 3. The van der Waals surface area contributed by atoms with Crippen molar-refractivity contribution in [3.05, 3.63) is 71.5 Å². The summed E-state index contributed by atoms with van der Waals surface area (Å²) < 4.78 is 7.33. The minimum absolute atomic E-state index is 0.205. The van der Waals surface area contributed by atoms with Crippen molar-refractivity contribution in [2.75, 3.05) is 11.1 Å². The Bertz CT molecular complexity index is 895. The standard InChI is InChI=1S/C21H24N4O2S/c1-3-25-19(13-22-18-11-9-16(2)10-12-18)23-24-21(25)28-15-20(26)27-14-17-7-5-4-6-8-17/h4-12,22H,3,13-15H2,1-2H3. The van der Waals surface area contributed by atoms with Crippen LogP contribution >= 0.6 is 11.8 Å². The first-order valence-corrected chi connectivity index (χ1v) is 10.2. The number of carbonyl (C=O) groups is 1. The van der Waals surface area contributed by atoms with Gasteiger partial charge in [-0.05, 0) is 31.5 Å². The highest BCUT2D eigenvalue weighted by Gasteiger charge is 2.13. The number of rotatable bonds is 9. The van der Waals surface area contributed by atoms with Gasteiger partial charge in [-0.3, -0.25) is 4.79 Å². The van der Waals surface area contributed by atoms with Crippen LogP contribution in [0.5, 0.6) is 0 Å². The third-order valence-corrected chi connectivity index (χ3v) is 5.11. The van der Waals surface area contributed by atoms with E-state index in [0.29, 0.717) is 6.54 Å². The van der Waals surface area contributed by atoms with Crippen LogP contribution in [-0.2, 0) is 29.2 Å². The molecule has 0 unspecified atom stereocenters. The minimum Gasteiger partial charge on any atom is -0.460 e. The molecule has 0 aliphatic heterocycles. The first kappa shape index (κ1) is 19.9. The fourth-order valence-electron chi connectivity index (χ4n) is 2.63. The van der Waals surface area contributed by atoms with E-state index in [2.05, 4.69) is 34.6 Å². The second-order valence-corrected chi connectivity index (χ2v) is 7.24. The average Bonchev–Trinajstić information content (AvgIpc) is 3.13. The molecule has 0 fully saturated rings. The van der Waals surface area contributed by atoms with Crippen molar-refractivity contribution in [2.45, 2.75) is 38.7 Å². The van der Waals surface area contributed by atoms with Crippen LogP contribution in [0.1, 0.15) is 23.9 Å². The van der Waals surface area contributed by atoms with Crippen molar-refractivity contribution in [3.63, 3.8) is 0 Å². The molecule has 28 heavy (non-hydrogen) atoms. The van der Waals surface area contributed by atoms with E-state index < -0.39 is 0 Å². The Morgan fingerprint density at radius 3 is 2.57 bits per heavy atom. The summed E-state index contributed by atoms with van der Waals surface area (Å²) in [6, 6.07) is 17.9. The van der Waals surface area contributed by atoms with Crippen LogP contribution in [0.15, 0.2) is 59.8 Å². The minimum atomic E-state index is -0.265. The van der Waals surface area contributed by atoms with E-state index >= 15 is 0 Å². The van der Waals surface area contributed by atoms with Crippen molar-refractivity contribution < 1.29 is 9.53 Å². The third-order valence-electron chi connectivity index (χ3n) is 4.17. The van der Waals surface area contributed by atoms with Gasteiger partial charge in [0.05, 0.1) is 12.3 Å². The SMILES string of the molecule is CCn1c(CNc2ccc(C)cc2)nnc1SCC(=O)OCc1ccccc1. The molecular weight excluding hydrogens is 372 g/mol. The van der Waals surface area contributed by atoms with Crippen molar-refractivity contribution in [3.8, 4) is 0 Å². The number of ether oxygens (including phenoxy) is 1. The predicted molar refractivity (Wildman–Crippen MR) is 111 cm³/mol. The van der Waals surface area contributed by atoms with Gasteiger partial charge in [0.1, 0.15) is 6.61 Å². The molecule has 6 nitrogen and oxygen atoms in total. The van der Waals surface area contributed by atoms with Gasteiger partial charge in [-0.25, -0.2) is 0 Å². The van der Waals surface area contributed by atoms with Gasteiger partial charge in [-0.1, -0.05) is 59.8 Å². The van der Waals surface area contributed by atoms with Gasteiger partial charge >= 0.3 is 5.97 Å². The number of esters is 1. The number of thioether (sulfide) groups is 1. The molecule has 3 aromatic rings. The Labute approximate surface area is 169 Å². The highest BCUT2D eigenvalue weighted by atomic mass is 32.2. The first-order valence-electron chi connectivity index (χ1n) is 9.20. The van der Waals surface area contributed by atoms with Gasteiger partial charge in [0.25, 0.3) is 0 Å². The lowest BCUT2D eigenvalue weighted by Crippen LogP contribution is -2.10. The van der Waals surface area contributed by atoms with E-state index in [-0.39, 0.29) is 18.3 Å². The number of aryl methyl sites for hydroxylation is 1. The molecule has 0 saturated carbocycles. The van der Waals surface area contributed by atoms with E-state index in [9.17, 15) is 4.79 Å². The molecule has 0 aliphatic rings. The van der Waals surface area contributed by atoms with Crippen molar-refractivity contribution in [1.82, 2.24) is 14.8 Å². The van der Waals surface area contributed by atoms with Crippen LogP contribution in [0.2, 0.25) is 0 Å². The number of anilines is 1. The maximum absolute atomic E-state index is 12.0. The predicted octanol–water partition coefficient (Wildman–Crippen LogP) is 4.05. The molecular formula is C21H24N4O2S. The number of carbonyl (C=O) groups excluding carboxylic acids is 1. The summed E-state index contributed by atoms with van der Waals surface area (Å²) in [6.45, 7) is 5.69. The molecule has 146 valence electrons. The Morgan fingerprint density at radius 1 is 1.11 bits per heavy atom. The Kier molecular flexibility index (Phi) is 7.08. The number of nitrogens with zero attached hydrogens (tertiary/aromatic N) is 3. The highest BCUT2D eigenvalue weighted by Crippen LogP contribution is 2.18. The molecule has 7 heteroatoms. The lowest BCUT2D eigenvalue weighted by Gasteiger charge is -2.09. The normalized spacial score (nSPS) is 10.6. The van der Waals surface area contributed by atoms with Crippen LogP contribution in [-0.4, -0.2) is 26.5 Å². The lowest BCUT2D eigenvalue weighted by molar-refractivity contribution is -0.141. The zero-order chi connectivity index (χ0) is 19.8. The van der Waals surface area contributed by atoms with E-state index in [4.69, 9.17) is 4.74 Å². The van der Waals surface area contributed by atoms with Crippen LogP contribution in [0.4, 0.5) is 5.69 Å². The topological polar surface area (TPSA) is 69.0 Å². The summed E-state index contributed by atoms with van der Waals surface area (Å²) in [5.74, 6) is 0.776. The van der Waals surface area contributed by atoms with Crippen molar-refractivity contribution in [1.29, 1.82) is 0 Å². The summed E-state index contributed by atoms with van der Waals surface area (Å²) >= 11 is 1.35. The molecule has 0 bridgehead atoms. The fourth-order valence-corrected chi connectivity index (χ4v) is 3.45. The molecule has 0 atom stereocenters. The van der Waals surface area contributed by atoms with E-state index in [1.165, 1.54) is 17.3 Å². The molecule has 2 aromatic carbocycles. The Hall–Kier alpha value is -2.80. The first-order chi connectivity index (χ1) is 13.7. The molecule has 1 aromatic heterocycles. The summed E-state index contributed by atoms with van der Waals surface area (Å²) in [4.78, 5) is 12.0. The zero-order valence-electron chi connectivity index (χ0n) is 16.1. The molecule has 0 spiro atoms. The Balaban J connectivity index is 1.51. The smallest absolute Gasteiger partial charge is 0.316 e. The number of benzene rings is 2. The molecule has 0 radical (unpaired) electrons. The third kappa shape index (κ3) is 5.60. The zero-order valence-corrected chi connectivity index (χ0v) is 16.9. The van der Waals surface area contributed by atoms with Crippen molar-refractivity contribution in [2.24, 2.45) is 0 Å². The maximum atomic E-state index is 12.0. The van der Waals surface area contributed by atoms with Gasteiger partial charge in [0.15, 0.2) is 11.0 Å². The number of hydrogen-bond donors (Lipinski definition) is 1. The second kappa shape index (κ2) is 9.94. The quantitative estimate of drug-likeness (QED) is 0.435. The summed E-state index contributed by atoms with van der Waals surface area (Å²) in [5, 5.41) is 12.6. The average molecular weight is 397 g/mol. The van der Waals surface area contributed by atoms with Crippen LogP contribution < -0.4 is 5.32 Å². The molecule has 1 N–H and O–H groups in total. The number of nitrogens with one attached hydrogen (secondary N) is 1. The van der Waals surface area contributed by atoms with Gasteiger partial charge in [0.2, 0.25) is 0 Å². The summed E-state index contributed by atoms with van der Waals surface area (Å²) in [5.41, 5.74) is 3.23. The lowest BCUT2D eigenvalue weighted by atomic mass is 10.2. The fraction of sp³-hybridized carbons (Fsp3) is 0.286. The molecule has 0 amide bonds. The summed E-state index contributed by atoms with van der Waals surface area (Å²) in [7, 11) is 0. The van der Waals surface area contributed by atoms with Crippen molar-refractivity contribution >= 4 is 23.4 Å². The van der Waals surface area contributed by atoms with E-state index in [0.717, 1.165) is 28.8 Å². The van der Waals surface area contributed by atoms with Gasteiger partial charge < -0.3 is 14.6 Å². The highest BCUT2D eigenvalue weighted by molar-refractivity contribution is 7.99. The molecule has 1 heterocycles. The largest absolute Gasteiger partial charge is 0.460 e. The Morgan fingerprint density at radius 2 is 1.86 bits per heavy atom. The molecule has 0 saturated heterocycles. The molecule has 3 rings (SSSR count). The number of hydrogen-bond acceptors (Lipinski definition) is 6. The van der Waals surface area contributed by atoms with Crippen LogP contribution in [0.3, 0.4) is 0 Å². The van der Waals surface area contributed by atoms with Gasteiger partial charge in [-0.15, -0.1) is 10.2 Å². The van der Waals surface area contributed by atoms with Gasteiger partial charge in [0, 0.05) is 12.2 Å². The van der Waals surface area contributed by atoms with Crippen LogP contribution in [0, 0.1) is 6.92 Å². The monoisotopic (exact) mass is 396 g/mol. The second-order valence-electron chi connectivity index (χ2n) is 6.30. The summed E-state index contributed by atoms with van der Waals surface area (Å²) in [6.07, 6.45) is 0. The van der Waals surface area contributed by atoms with Crippen LogP contribution in [0.25, 0.3) is 0 Å². The van der Waals surface area contributed by atoms with E-state index in [1.54, 1.807) is 0 Å².